The fourth-order valence-electron chi connectivity index (χ4n) is 15.0. The number of hydrogen-bond donors (Lipinski definition) is 0. The molecule has 0 bridgehead atoms. The van der Waals surface area contributed by atoms with Crippen LogP contribution in [0.2, 0.25) is 0 Å². The molecule has 6 nitrogen and oxygen atoms in total. The lowest BCUT2D eigenvalue weighted by Crippen LogP contribution is -2.22. The fraction of sp³-hybridized carbons (Fsp3) is 0.0568. The number of anilines is 2. The van der Waals surface area contributed by atoms with Crippen LogP contribution in [0, 0.1) is 0 Å². The normalized spacial score (nSPS) is 12.8. The number of rotatable bonds is 8. The van der Waals surface area contributed by atoms with E-state index in [0.717, 1.165) is 133 Å². The summed E-state index contributed by atoms with van der Waals surface area (Å²) in [5.41, 5.74) is 21.3. The molecule has 94 heavy (non-hydrogen) atoms. The molecule has 14 aromatic carbocycles. The van der Waals surface area contributed by atoms with Crippen LogP contribution in [-0.2, 0) is 5.41 Å². The van der Waals surface area contributed by atoms with Crippen molar-refractivity contribution in [1.82, 2.24) is 15.0 Å². The van der Waals surface area contributed by atoms with Crippen molar-refractivity contribution in [3.8, 4) is 67.0 Å². The van der Waals surface area contributed by atoms with Gasteiger partial charge in [0.2, 0.25) is 0 Å². The Kier molecular flexibility index (Phi) is 11.9. The van der Waals surface area contributed by atoms with Crippen LogP contribution < -0.4 is 4.90 Å². The maximum absolute atomic E-state index is 7.61. The molecular weight excluding hydrogens is 1140 g/mol. The van der Waals surface area contributed by atoms with Gasteiger partial charge in [-0.15, -0.1) is 0 Å². The average molecular weight is 1200 g/mol. The highest BCUT2D eigenvalue weighted by Crippen LogP contribution is 2.53. The summed E-state index contributed by atoms with van der Waals surface area (Å²) in [6.45, 7) is 7.12. The Labute approximate surface area is 542 Å². The van der Waals surface area contributed by atoms with E-state index in [2.05, 4.69) is 285 Å². The summed E-state index contributed by atoms with van der Waals surface area (Å²) < 4.78 is 15.1. The van der Waals surface area contributed by atoms with Crippen LogP contribution in [0.4, 0.5) is 11.4 Å². The minimum absolute atomic E-state index is 0.272. The van der Waals surface area contributed by atoms with Gasteiger partial charge in [0.15, 0.2) is 5.58 Å². The smallest absolute Gasteiger partial charge is 0.159 e. The van der Waals surface area contributed by atoms with Crippen molar-refractivity contribution >= 4 is 115 Å². The Morgan fingerprint density at radius 2 is 0.904 bits per heavy atom. The number of aromatic nitrogens is 3. The van der Waals surface area contributed by atoms with Gasteiger partial charge in [0.25, 0.3) is 0 Å². The summed E-state index contributed by atoms with van der Waals surface area (Å²) in [5.74, 6) is 0.776. The second-order valence-corrected chi connectivity index (χ2v) is 26.2. The van der Waals surface area contributed by atoms with Crippen molar-refractivity contribution < 1.29 is 8.83 Å². The van der Waals surface area contributed by atoms with Gasteiger partial charge < -0.3 is 13.7 Å². The highest BCUT2D eigenvalue weighted by Gasteiger charge is 2.29. The van der Waals surface area contributed by atoms with Gasteiger partial charge in [-0.05, 0) is 177 Å². The van der Waals surface area contributed by atoms with Gasteiger partial charge in [0.1, 0.15) is 22.6 Å². The predicted molar refractivity (Wildman–Crippen MR) is 391 cm³/mol. The van der Waals surface area contributed by atoms with Gasteiger partial charge in [0.05, 0.1) is 17.1 Å². The van der Waals surface area contributed by atoms with Gasteiger partial charge in [-0.1, -0.05) is 221 Å². The Bertz CT molecular complexity index is 6170. The van der Waals surface area contributed by atoms with Crippen molar-refractivity contribution in [2.45, 2.75) is 26.2 Å². The monoisotopic (exact) mass is 1200 g/mol. The molecule has 0 amide bonds. The van der Waals surface area contributed by atoms with Gasteiger partial charge in [-0.2, -0.15) is 0 Å². The van der Waals surface area contributed by atoms with E-state index in [1.165, 1.54) is 65.7 Å². The summed E-state index contributed by atoms with van der Waals surface area (Å²) >= 11 is 0. The Morgan fingerprint density at radius 3 is 1.69 bits per heavy atom. The molecule has 5 heterocycles. The molecule has 0 unspecified atom stereocenters. The molecule has 0 saturated carbocycles. The van der Waals surface area contributed by atoms with Crippen LogP contribution in [0.5, 0.6) is 0 Å². The molecule has 19 rings (SSSR count). The Morgan fingerprint density at radius 1 is 0.330 bits per heavy atom. The predicted octanol–water partition coefficient (Wildman–Crippen LogP) is 23.8. The molecule has 0 saturated heterocycles. The maximum Gasteiger partial charge on any atom is 0.159 e. The first kappa shape index (κ1) is 53.8. The minimum Gasteiger partial charge on any atom is -0.455 e. The molecule has 0 aliphatic carbocycles. The van der Waals surface area contributed by atoms with E-state index >= 15 is 0 Å². The SMILES string of the molecule is CC(C)(C)c1nccc(-c2cc3oc4c(N5CC=C(c6ccc7ccccc7c6)c6ccccc65)ccc5c6cc(-c7ccc(-c8ccccc8-c8ccc9c(ccc%10ccccc%109)c8)cc7)cc7oc8c(-c9ccc(-c%10ccccn%10)cc9)ccc(c(c2)c3c45)c8c76)n1. The number of pyridine rings is 1. The van der Waals surface area contributed by atoms with Crippen LogP contribution in [-0.4, -0.2) is 21.5 Å². The quantitative estimate of drug-likeness (QED) is 0.141. The number of fused-ring (bicyclic) bond motifs is 7. The fourth-order valence-corrected chi connectivity index (χ4v) is 15.0. The van der Waals surface area contributed by atoms with E-state index in [0.29, 0.717) is 6.54 Å². The van der Waals surface area contributed by atoms with E-state index in [1.54, 1.807) is 0 Å². The van der Waals surface area contributed by atoms with E-state index in [9.17, 15) is 0 Å². The molecule has 0 spiro atoms. The topological polar surface area (TPSA) is 68.2 Å². The summed E-state index contributed by atoms with van der Waals surface area (Å²) in [4.78, 5) is 17.2. The summed E-state index contributed by atoms with van der Waals surface area (Å²) in [6, 6.07) is 97.3. The number of nitrogens with zero attached hydrogens (tertiary/aromatic N) is 4. The zero-order valence-corrected chi connectivity index (χ0v) is 51.9. The molecule has 0 N–H and O–H groups in total. The van der Waals surface area contributed by atoms with Gasteiger partial charge >= 0.3 is 0 Å². The molecule has 18 aromatic rings. The first-order valence-electron chi connectivity index (χ1n) is 32.3. The Balaban J connectivity index is 0.841. The van der Waals surface area contributed by atoms with E-state index in [1.807, 2.05) is 30.6 Å². The number of benzene rings is 13. The average Bonchev–Trinajstić information content (AvgIpc) is 1.50. The lowest BCUT2D eigenvalue weighted by molar-refractivity contribution is 0.546. The molecule has 0 fully saturated rings. The van der Waals surface area contributed by atoms with E-state index in [4.69, 9.17) is 18.8 Å². The second-order valence-electron chi connectivity index (χ2n) is 26.2. The highest BCUT2D eigenvalue weighted by molar-refractivity contribution is 6.38. The largest absolute Gasteiger partial charge is 0.455 e. The number of hydrogen-bond acceptors (Lipinski definition) is 6. The summed E-state index contributed by atoms with van der Waals surface area (Å²) in [6.07, 6.45) is 6.11. The van der Waals surface area contributed by atoms with Crippen LogP contribution in [0.1, 0.15) is 37.7 Å². The van der Waals surface area contributed by atoms with Crippen molar-refractivity contribution in [3.05, 3.63) is 302 Å². The van der Waals surface area contributed by atoms with Crippen LogP contribution in [0.25, 0.3) is 170 Å². The van der Waals surface area contributed by atoms with E-state index < -0.39 is 0 Å². The van der Waals surface area contributed by atoms with Crippen LogP contribution in [0.3, 0.4) is 0 Å². The molecule has 1 aliphatic rings. The highest BCUT2D eigenvalue weighted by atomic mass is 16.3. The maximum atomic E-state index is 7.61. The van der Waals surface area contributed by atoms with Crippen molar-refractivity contribution in [2.75, 3.05) is 11.4 Å². The molecule has 442 valence electrons. The first-order valence-corrected chi connectivity index (χ1v) is 32.3. The molecule has 0 radical (unpaired) electrons. The van der Waals surface area contributed by atoms with Crippen molar-refractivity contribution in [2.24, 2.45) is 0 Å². The molecular formula is C88H58N4O2. The molecule has 4 aromatic heterocycles. The zero-order valence-electron chi connectivity index (χ0n) is 51.9. The molecule has 6 heteroatoms. The second kappa shape index (κ2) is 20.8. The van der Waals surface area contributed by atoms with Gasteiger partial charge in [-0.25, -0.2) is 9.97 Å². The first-order chi connectivity index (χ1) is 46.2. The van der Waals surface area contributed by atoms with Crippen molar-refractivity contribution in [3.63, 3.8) is 0 Å². The van der Waals surface area contributed by atoms with Crippen molar-refractivity contribution in [1.29, 1.82) is 0 Å². The van der Waals surface area contributed by atoms with Gasteiger partial charge in [0, 0.05) is 73.8 Å². The third-order valence-electron chi connectivity index (χ3n) is 19.6. The molecule has 1 aliphatic heterocycles. The number of para-hydroxylation sites is 1. The standard InChI is InChI=1S/C88H58N4O2/c1-88(2,3)87-90-44-41-76(91-87)63-49-74-71-38-37-69(56-28-31-57(32-29-56)75-21-12-13-43-89-75)85-83(71)81-73(48-62(50-79(81)93-85)53-23-26-55(27-24-53)65-18-8-9-19-66(65)61-35-36-67-60(47-61)34-30-54-15-6-7-17-64(54)67)72-39-40-78(86-84(72)82(74)80(51-63)94-86)92-45-42-68(70-20-10-11-22-77(70)92)59-33-25-52-14-4-5-16-58(52)46-59/h4-44,46-51H,45H2,1-3H3. The number of furan rings is 2. The third kappa shape index (κ3) is 8.53. The lowest BCUT2D eigenvalue weighted by Gasteiger charge is -2.31. The summed E-state index contributed by atoms with van der Waals surface area (Å²) in [7, 11) is 0. The van der Waals surface area contributed by atoms with Crippen LogP contribution in [0.15, 0.2) is 294 Å². The minimum atomic E-state index is -0.272. The van der Waals surface area contributed by atoms with Crippen LogP contribution >= 0.6 is 0 Å². The molecule has 0 atom stereocenters. The lowest BCUT2D eigenvalue weighted by atomic mass is 9.89. The zero-order chi connectivity index (χ0) is 62.3. The van der Waals surface area contributed by atoms with Gasteiger partial charge in [-0.3, -0.25) is 4.98 Å². The summed E-state index contributed by atoms with van der Waals surface area (Å²) in [5, 5.41) is 15.9. The Hall–Kier alpha value is -12.0. The van der Waals surface area contributed by atoms with E-state index in [-0.39, 0.29) is 5.41 Å². The third-order valence-corrected chi connectivity index (χ3v) is 19.6.